The quantitative estimate of drug-likeness (QED) is 0.898. The van der Waals surface area contributed by atoms with Gasteiger partial charge in [-0.1, -0.05) is 0 Å². The van der Waals surface area contributed by atoms with Crippen molar-refractivity contribution in [1.29, 1.82) is 0 Å². The lowest BCUT2D eigenvalue weighted by atomic mass is 10.1. The van der Waals surface area contributed by atoms with Crippen molar-refractivity contribution in [2.75, 3.05) is 0 Å². The van der Waals surface area contributed by atoms with Crippen molar-refractivity contribution in [3.63, 3.8) is 0 Å². The van der Waals surface area contributed by atoms with E-state index in [1.165, 1.54) is 0 Å². The number of nitrogens with two attached hydrogens (primary N) is 1. The zero-order valence-corrected chi connectivity index (χ0v) is 9.14. The summed E-state index contributed by atoms with van der Waals surface area (Å²) in [5.41, 5.74) is 7.06. The Morgan fingerprint density at radius 1 is 1.38 bits per heavy atom. The van der Waals surface area contributed by atoms with E-state index in [-0.39, 0.29) is 6.04 Å². The zero-order valence-electron chi connectivity index (χ0n) is 6.74. The van der Waals surface area contributed by atoms with E-state index in [2.05, 4.69) is 15.9 Å². The van der Waals surface area contributed by atoms with Gasteiger partial charge in [-0.05, 0) is 50.5 Å². The van der Waals surface area contributed by atoms with Crippen molar-refractivity contribution in [3.05, 3.63) is 45.0 Å². The van der Waals surface area contributed by atoms with Crippen LogP contribution in [-0.2, 0) is 0 Å². The lowest BCUT2D eigenvalue weighted by Crippen LogP contribution is -2.09. The van der Waals surface area contributed by atoms with Gasteiger partial charge in [0, 0.05) is 0 Å². The van der Waals surface area contributed by atoms with Gasteiger partial charge in [-0.25, -0.2) is 0 Å². The molecule has 0 aliphatic heterocycles. The zero-order chi connectivity index (χ0) is 9.26. The second kappa shape index (κ2) is 3.65. The van der Waals surface area contributed by atoms with Gasteiger partial charge in [0.2, 0.25) is 0 Å². The molecular weight excluding hydrogens is 250 g/mol. The molecule has 2 N–H and O–H groups in total. The highest BCUT2D eigenvalue weighted by Crippen LogP contribution is 2.25. The fourth-order valence-electron chi connectivity index (χ4n) is 1.11. The summed E-state index contributed by atoms with van der Waals surface area (Å²) in [6, 6.07) is 5.58. The molecule has 1 unspecified atom stereocenters. The molecule has 2 aromatic heterocycles. The summed E-state index contributed by atoms with van der Waals surface area (Å²) in [5, 5.41) is 4.04. The lowest BCUT2D eigenvalue weighted by Gasteiger charge is -2.04. The van der Waals surface area contributed by atoms with Gasteiger partial charge in [-0.2, -0.15) is 11.3 Å². The van der Waals surface area contributed by atoms with E-state index in [0.717, 1.165) is 11.3 Å². The van der Waals surface area contributed by atoms with Crippen LogP contribution in [0.3, 0.4) is 0 Å². The molecule has 1 atom stereocenters. The third kappa shape index (κ3) is 1.85. The van der Waals surface area contributed by atoms with Crippen LogP contribution < -0.4 is 5.73 Å². The maximum absolute atomic E-state index is 5.97. The van der Waals surface area contributed by atoms with Gasteiger partial charge in [0.15, 0.2) is 4.67 Å². The summed E-state index contributed by atoms with van der Waals surface area (Å²) in [6.07, 6.45) is 0. The second-order valence-electron chi connectivity index (χ2n) is 2.68. The Balaban J connectivity index is 2.28. The van der Waals surface area contributed by atoms with Crippen molar-refractivity contribution in [1.82, 2.24) is 0 Å². The van der Waals surface area contributed by atoms with Crippen LogP contribution in [0.25, 0.3) is 0 Å². The molecule has 13 heavy (non-hydrogen) atoms. The van der Waals surface area contributed by atoms with Crippen LogP contribution in [0.1, 0.15) is 17.4 Å². The SMILES string of the molecule is NC(c1ccsc1)c1ccc(Br)o1. The first kappa shape index (κ1) is 8.99. The van der Waals surface area contributed by atoms with Crippen LogP contribution >= 0.6 is 27.3 Å². The first-order chi connectivity index (χ1) is 6.27. The molecule has 0 amide bonds. The minimum atomic E-state index is -0.155. The molecule has 0 aliphatic rings. The van der Waals surface area contributed by atoms with Crippen LogP contribution in [0.5, 0.6) is 0 Å². The van der Waals surface area contributed by atoms with Gasteiger partial charge in [0.1, 0.15) is 5.76 Å². The summed E-state index contributed by atoms with van der Waals surface area (Å²) < 4.78 is 6.08. The molecule has 0 saturated heterocycles. The summed E-state index contributed by atoms with van der Waals surface area (Å²) in [7, 11) is 0. The highest BCUT2D eigenvalue weighted by Gasteiger charge is 2.12. The second-order valence-corrected chi connectivity index (χ2v) is 4.24. The van der Waals surface area contributed by atoms with E-state index in [1.54, 1.807) is 11.3 Å². The monoisotopic (exact) mass is 257 g/mol. The predicted molar refractivity (Wildman–Crippen MR) is 56.8 cm³/mol. The number of hydrogen-bond acceptors (Lipinski definition) is 3. The standard InChI is InChI=1S/C9H8BrNOS/c10-8-2-1-7(12-8)9(11)6-3-4-13-5-6/h1-5,9H,11H2. The maximum atomic E-state index is 5.97. The van der Waals surface area contributed by atoms with Gasteiger partial charge in [-0.15, -0.1) is 0 Å². The van der Waals surface area contributed by atoms with Gasteiger partial charge in [-0.3, -0.25) is 0 Å². The van der Waals surface area contributed by atoms with Crippen LogP contribution in [0.4, 0.5) is 0 Å². The van der Waals surface area contributed by atoms with Crippen molar-refractivity contribution < 1.29 is 4.42 Å². The van der Waals surface area contributed by atoms with Crippen LogP contribution in [0, 0.1) is 0 Å². The molecular formula is C9H8BrNOS. The van der Waals surface area contributed by atoms with E-state index in [1.807, 2.05) is 29.0 Å². The summed E-state index contributed by atoms with van der Waals surface area (Å²) in [4.78, 5) is 0. The molecule has 2 aromatic rings. The average molecular weight is 258 g/mol. The molecule has 0 aliphatic carbocycles. The normalized spacial score (nSPS) is 13.1. The number of thiophene rings is 1. The summed E-state index contributed by atoms with van der Waals surface area (Å²) >= 11 is 4.88. The Morgan fingerprint density at radius 2 is 2.23 bits per heavy atom. The molecule has 0 fully saturated rings. The molecule has 2 rings (SSSR count). The van der Waals surface area contributed by atoms with Gasteiger partial charge < -0.3 is 10.2 Å². The van der Waals surface area contributed by atoms with Crippen LogP contribution in [0.2, 0.25) is 0 Å². The van der Waals surface area contributed by atoms with Crippen molar-refractivity contribution in [2.24, 2.45) is 5.73 Å². The Kier molecular flexibility index (Phi) is 2.53. The van der Waals surface area contributed by atoms with Crippen LogP contribution in [0.15, 0.2) is 38.0 Å². The predicted octanol–water partition coefficient (Wildman–Crippen LogP) is 3.15. The fourth-order valence-corrected chi connectivity index (χ4v) is 2.13. The van der Waals surface area contributed by atoms with Gasteiger partial charge in [0.25, 0.3) is 0 Å². The molecule has 68 valence electrons. The molecule has 0 aromatic carbocycles. The minimum absolute atomic E-state index is 0.155. The smallest absolute Gasteiger partial charge is 0.169 e. The Bertz CT molecular complexity index is 382. The van der Waals surface area contributed by atoms with E-state index < -0.39 is 0 Å². The molecule has 4 heteroatoms. The number of furan rings is 1. The largest absolute Gasteiger partial charge is 0.452 e. The molecule has 0 spiro atoms. The number of rotatable bonds is 2. The average Bonchev–Trinajstić information content (AvgIpc) is 2.72. The highest BCUT2D eigenvalue weighted by molar-refractivity contribution is 9.10. The third-order valence-electron chi connectivity index (χ3n) is 1.80. The first-order valence-corrected chi connectivity index (χ1v) is 5.54. The molecule has 2 heterocycles. The molecule has 0 saturated carbocycles. The van der Waals surface area contributed by atoms with E-state index in [9.17, 15) is 0 Å². The van der Waals surface area contributed by atoms with Crippen molar-refractivity contribution in [3.8, 4) is 0 Å². The van der Waals surface area contributed by atoms with Crippen molar-refractivity contribution in [2.45, 2.75) is 6.04 Å². The Labute approximate surface area is 88.5 Å². The third-order valence-corrected chi connectivity index (χ3v) is 2.93. The van der Waals surface area contributed by atoms with Gasteiger partial charge >= 0.3 is 0 Å². The van der Waals surface area contributed by atoms with Crippen LogP contribution in [-0.4, -0.2) is 0 Å². The van der Waals surface area contributed by atoms with E-state index in [0.29, 0.717) is 4.67 Å². The maximum Gasteiger partial charge on any atom is 0.169 e. The lowest BCUT2D eigenvalue weighted by molar-refractivity contribution is 0.470. The van der Waals surface area contributed by atoms with Gasteiger partial charge in [0.05, 0.1) is 6.04 Å². The minimum Gasteiger partial charge on any atom is -0.452 e. The number of hydrogen-bond donors (Lipinski definition) is 1. The Hall–Kier alpha value is -0.580. The Morgan fingerprint density at radius 3 is 2.77 bits per heavy atom. The topological polar surface area (TPSA) is 39.2 Å². The fraction of sp³-hybridized carbons (Fsp3) is 0.111. The molecule has 0 radical (unpaired) electrons. The first-order valence-electron chi connectivity index (χ1n) is 3.80. The highest BCUT2D eigenvalue weighted by atomic mass is 79.9. The molecule has 2 nitrogen and oxygen atoms in total. The van der Waals surface area contributed by atoms with E-state index >= 15 is 0 Å². The van der Waals surface area contributed by atoms with Crippen molar-refractivity contribution >= 4 is 27.3 Å². The molecule has 0 bridgehead atoms. The summed E-state index contributed by atoms with van der Waals surface area (Å²) in [6.45, 7) is 0. The number of halogens is 1. The summed E-state index contributed by atoms with van der Waals surface area (Å²) in [5.74, 6) is 0.783. The van der Waals surface area contributed by atoms with E-state index in [4.69, 9.17) is 10.2 Å².